The molecule has 0 aliphatic heterocycles. The number of nitrogens with zero attached hydrogens (tertiary/aromatic N) is 1. The second-order valence-corrected chi connectivity index (χ2v) is 4.73. The Hall–Kier alpha value is 0.490. The Bertz CT molecular complexity index is 159. The van der Waals surface area contributed by atoms with Crippen LogP contribution in [-0.4, -0.2) is 73.3 Å². The lowest BCUT2D eigenvalue weighted by molar-refractivity contribution is -0.115. The van der Waals surface area contributed by atoms with E-state index in [1.54, 1.807) is 10.2 Å². The van der Waals surface area contributed by atoms with Gasteiger partial charge in [0.15, 0.2) is 0 Å². The van der Waals surface area contributed by atoms with Crippen molar-refractivity contribution in [3.05, 3.63) is 0 Å². The number of likely N-dealkylation sites (N-methyl/N-ethyl adjacent to an activating group) is 1. The van der Waals surface area contributed by atoms with Crippen LogP contribution in [0.25, 0.3) is 0 Å². The Labute approximate surface area is 96.3 Å². The number of aliphatic hydroxyl groups excluding tert-OH is 5. The van der Waals surface area contributed by atoms with E-state index in [1.807, 2.05) is 22.9 Å². The third-order valence-electron chi connectivity index (χ3n) is 1.76. The van der Waals surface area contributed by atoms with Gasteiger partial charge in [0.25, 0.3) is 0 Å². The summed E-state index contributed by atoms with van der Waals surface area (Å²) in [5.41, 5.74) is 0. The van der Waals surface area contributed by atoms with Crippen LogP contribution in [0.15, 0.2) is 0 Å². The van der Waals surface area contributed by atoms with Crippen molar-refractivity contribution in [2.24, 2.45) is 0 Å². The summed E-state index contributed by atoms with van der Waals surface area (Å²) >= 11 is 1.91. The maximum atomic E-state index is 9.35. The van der Waals surface area contributed by atoms with Crippen LogP contribution in [-0.2, 0) is 0 Å². The number of hydrogen-bond acceptors (Lipinski definition) is 6. The first kappa shape index (κ1) is 14.5. The molecule has 0 aromatic rings. The van der Waals surface area contributed by atoms with Crippen LogP contribution in [0, 0.1) is 0 Å². The molecule has 5 N–H and O–H groups in total. The highest BCUT2D eigenvalue weighted by Gasteiger charge is 2.30. The SMILES string of the molecule is CN(I)CC(O)C(O)C(O)C(O)CO. The number of aliphatic hydroxyl groups is 5. The molecule has 0 aromatic heterocycles. The predicted octanol–water partition coefficient (Wildman–Crippen LogP) is -2.30. The molecule has 0 aliphatic carbocycles. The molecule has 0 fully saturated rings. The van der Waals surface area contributed by atoms with Crippen molar-refractivity contribution in [3.63, 3.8) is 0 Å². The van der Waals surface area contributed by atoms with Crippen molar-refractivity contribution in [1.82, 2.24) is 3.11 Å². The van der Waals surface area contributed by atoms with Crippen LogP contribution in [0.4, 0.5) is 0 Å². The number of rotatable bonds is 6. The highest BCUT2D eigenvalue weighted by molar-refractivity contribution is 14.1. The predicted molar refractivity (Wildman–Crippen MR) is 57.8 cm³/mol. The molecule has 0 heterocycles. The van der Waals surface area contributed by atoms with Crippen LogP contribution in [0.3, 0.4) is 0 Å². The molecule has 6 nitrogen and oxygen atoms in total. The maximum absolute atomic E-state index is 9.35. The molecule has 0 saturated carbocycles. The summed E-state index contributed by atoms with van der Waals surface area (Å²) in [5.74, 6) is 0. The van der Waals surface area contributed by atoms with E-state index in [0.29, 0.717) is 0 Å². The summed E-state index contributed by atoms with van der Waals surface area (Å²) in [6, 6.07) is 0. The van der Waals surface area contributed by atoms with Gasteiger partial charge in [-0.3, -0.25) is 0 Å². The van der Waals surface area contributed by atoms with Crippen molar-refractivity contribution in [2.45, 2.75) is 24.4 Å². The first-order chi connectivity index (χ1) is 6.40. The Kier molecular flexibility index (Phi) is 7.12. The fourth-order valence-electron chi connectivity index (χ4n) is 0.929. The van der Waals surface area contributed by atoms with E-state index in [-0.39, 0.29) is 6.54 Å². The Morgan fingerprint density at radius 1 is 1.07 bits per heavy atom. The fourth-order valence-corrected chi connectivity index (χ4v) is 1.33. The molecular weight excluding hydrogens is 305 g/mol. The van der Waals surface area contributed by atoms with Gasteiger partial charge in [-0.1, -0.05) is 0 Å². The first-order valence-corrected chi connectivity index (χ1v) is 5.06. The smallest absolute Gasteiger partial charge is 0.111 e. The quantitative estimate of drug-likeness (QED) is 0.279. The molecule has 4 atom stereocenters. The third-order valence-corrected chi connectivity index (χ3v) is 2.16. The summed E-state index contributed by atoms with van der Waals surface area (Å²) in [6.45, 7) is -0.512. The van der Waals surface area contributed by atoms with E-state index in [4.69, 9.17) is 10.2 Å². The zero-order valence-electron chi connectivity index (χ0n) is 7.78. The lowest BCUT2D eigenvalue weighted by Crippen LogP contribution is -2.48. The molecular formula is C7H16INO5. The van der Waals surface area contributed by atoms with Crippen molar-refractivity contribution in [3.8, 4) is 0 Å². The lowest BCUT2D eigenvalue weighted by atomic mass is 10.0. The van der Waals surface area contributed by atoms with Crippen LogP contribution >= 0.6 is 22.9 Å². The van der Waals surface area contributed by atoms with Crippen LogP contribution < -0.4 is 0 Å². The van der Waals surface area contributed by atoms with Crippen molar-refractivity contribution in [1.29, 1.82) is 0 Å². The zero-order chi connectivity index (χ0) is 11.3. The monoisotopic (exact) mass is 321 g/mol. The van der Waals surface area contributed by atoms with Crippen molar-refractivity contribution >= 4 is 22.9 Å². The van der Waals surface area contributed by atoms with Crippen LogP contribution in [0.5, 0.6) is 0 Å². The standard InChI is InChI=1S/C7H16INO5/c1-9(8)2-4(11)6(13)7(14)5(12)3-10/h4-7,10-14H,2-3H2,1H3. The highest BCUT2D eigenvalue weighted by atomic mass is 127. The lowest BCUT2D eigenvalue weighted by Gasteiger charge is -2.26. The van der Waals surface area contributed by atoms with Crippen LogP contribution in [0.2, 0.25) is 0 Å². The Balaban J connectivity index is 4.09. The largest absolute Gasteiger partial charge is 0.394 e. The maximum Gasteiger partial charge on any atom is 0.111 e. The van der Waals surface area contributed by atoms with E-state index in [1.165, 1.54) is 0 Å². The zero-order valence-corrected chi connectivity index (χ0v) is 9.94. The molecule has 14 heavy (non-hydrogen) atoms. The van der Waals surface area contributed by atoms with E-state index >= 15 is 0 Å². The van der Waals surface area contributed by atoms with E-state index in [0.717, 1.165) is 0 Å². The van der Waals surface area contributed by atoms with Crippen molar-refractivity contribution in [2.75, 3.05) is 20.2 Å². The van der Waals surface area contributed by atoms with Gasteiger partial charge in [0.05, 0.1) is 12.7 Å². The van der Waals surface area contributed by atoms with E-state index in [9.17, 15) is 15.3 Å². The molecule has 86 valence electrons. The average Bonchev–Trinajstić information content (AvgIpc) is 2.13. The second-order valence-electron chi connectivity index (χ2n) is 3.09. The molecule has 0 aromatic carbocycles. The molecule has 0 spiro atoms. The average molecular weight is 321 g/mol. The van der Waals surface area contributed by atoms with Gasteiger partial charge < -0.3 is 25.5 Å². The van der Waals surface area contributed by atoms with Crippen molar-refractivity contribution < 1.29 is 25.5 Å². The summed E-state index contributed by atoms with van der Waals surface area (Å²) in [6.07, 6.45) is -5.65. The molecule has 0 rings (SSSR count). The molecule has 0 amide bonds. The van der Waals surface area contributed by atoms with Crippen LogP contribution in [0.1, 0.15) is 0 Å². The third kappa shape index (κ3) is 4.82. The number of hydrogen-bond donors (Lipinski definition) is 5. The molecule has 0 bridgehead atoms. The van der Waals surface area contributed by atoms with E-state index < -0.39 is 31.0 Å². The first-order valence-electron chi connectivity index (χ1n) is 4.10. The summed E-state index contributed by atoms with van der Waals surface area (Å²) < 4.78 is 1.60. The second kappa shape index (κ2) is 6.88. The van der Waals surface area contributed by atoms with E-state index in [2.05, 4.69) is 0 Å². The van der Waals surface area contributed by atoms with Gasteiger partial charge in [-0.25, -0.2) is 3.11 Å². The molecule has 4 unspecified atom stereocenters. The normalized spacial score (nSPS) is 20.6. The number of halogens is 1. The topological polar surface area (TPSA) is 104 Å². The van der Waals surface area contributed by atoms with Gasteiger partial charge in [-0.2, -0.15) is 0 Å². The molecule has 7 heteroatoms. The van der Waals surface area contributed by atoms with Gasteiger partial charge in [0.1, 0.15) is 18.3 Å². The van der Waals surface area contributed by atoms with Gasteiger partial charge in [0, 0.05) is 29.4 Å². The fraction of sp³-hybridized carbons (Fsp3) is 1.00. The summed E-state index contributed by atoms with van der Waals surface area (Å²) in [7, 11) is 1.69. The Morgan fingerprint density at radius 3 is 1.86 bits per heavy atom. The molecule has 0 radical (unpaired) electrons. The van der Waals surface area contributed by atoms with Gasteiger partial charge in [-0.15, -0.1) is 0 Å². The van der Waals surface area contributed by atoms with Gasteiger partial charge in [-0.05, 0) is 7.05 Å². The highest BCUT2D eigenvalue weighted by Crippen LogP contribution is 2.07. The molecule has 0 aliphatic rings. The summed E-state index contributed by atoms with van der Waals surface area (Å²) in [4.78, 5) is 0. The minimum atomic E-state index is -1.55. The Morgan fingerprint density at radius 2 is 1.50 bits per heavy atom. The van der Waals surface area contributed by atoms with Gasteiger partial charge >= 0.3 is 0 Å². The minimum absolute atomic E-state index is 0.150. The molecule has 0 saturated heterocycles. The van der Waals surface area contributed by atoms with Gasteiger partial charge in [0.2, 0.25) is 0 Å². The summed E-state index contributed by atoms with van der Waals surface area (Å²) in [5, 5.41) is 45.4. The minimum Gasteiger partial charge on any atom is -0.394 e.